The van der Waals surface area contributed by atoms with Crippen molar-refractivity contribution < 1.29 is 14.6 Å². The topological polar surface area (TPSA) is 50.7 Å². The van der Waals surface area contributed by atoms with Gasteiger partial charge in [0.05, 0.1) is 26.9 Å². The molecule has 0 spiro atoms. The zero-order chi connectivity index (χ0) is 12.8. The van der Waals surface area contributed by atoms with Crippen LogP contribution >= 0.6 is 0 Å². The fraction of sp³-hybridized carbons (Fsp3) is 0.538. The highest BCUT2D eigenvalue weighted by Gasteiger charge is 2.16. The van der Waals surface area contributed by atoms with Crippen LogP contribution in [0.2, 0.25) is 0 Å². The number of aliphatic hydroxyl groups is 1. The molecular formula is C13H21NO3. The zero-order valence-electron chi connectivity index (χ0n) is 10.9. The SMILES string of the molecule is CCNC(CO)c1cc(OC)c(C)cc1OC. The van der Waals surface area contributed by atoms with E-state index < -0.39 is 0 Å². The molecule has 0 aromatic heterocycles. The van der Waals surface area contributed by atoms with Crippen molar-refractivity contribution in [1.29, 1.82) is 0 Å². The average Bonchev–Trinajstić information content (AvgIpc) is 2.35. The van der Waals surface area contributed by atoms with Gasteiger partial charge in [-0.2, -0.15) is 0 Å². The van der Waals surface area contributed by atoms with Crippen LogP contribution in [0.25, 0.3) is 0 Å². The number of benzene rings is 1. The predicted molar refractivity (Wildman–Crippen MR) is 67.8 cm³/mol. The summed E-state index contributed by atoms with van der Waals surface area (Å²) in [4.78, 5) is 0. The molecule has 1 atom stereocenters. The normalized spacial score (nSPS) is 12.3. The zero-order valence-corrected chi connectivity index (χ0v) is 10.9. The predicted octanol–water partition coefficient (Wildman–Crippen LogP) is 1.66. The third kappa shape index (κ3) is 3.11. The molecule has 0 fully saturated rings. The Morgan fingerprint density at radius 3 is 2.35 bits per heavy atom. The lowest BCUT2D eigenvalue weighted by molar-refractivity contribution is 0.242. The monoisotopic (exact) mass is 239 g/mol. The van der Waals surface area contributed by atoms with Crippen molar-refractivity contribution >= 4 is 0 Å². The molecule has 0 aliphatic heterocycles. The van der Waals surface area contributed by atoms with Gasteiger partial charge in [0.25, 0.3) is 0 Å². The van der Waals surface area contributed by atoms with Gasteiger partial charge >= 0.3 is 0 Å². The minimum absolute atomic E-state index is 0.0242. The summed E-state index contributed by atoms with van der Waals surface area (Å²) in [6.45, 7) is 4.77. The summed E-state index contributed by atoms with van der Waals surface area (Å²) in [6, 6.07) is 3.70. The van der Waals surface area contributed by atoms with Crippen LogP contribution in [0.3, 0.4) is 0 Å². The Morgan fingerprint density at radius 2 is 1.88 bits per heavy atom. The molecule has 4 nitrogen and oxygen atoms in total. The molecule has 0 aliphatic rings. The van der Waals surface area contributed by atoms with Gasteiger partial charge in [0.1, 0.15) is 11.5 Å². The maximum Gasteiger partial charge on any atom is 0.124 e. The Balaban J connectivity index is 3.18. The number of ether oxygens (including phenoxy) is 2. The number of aliphatic hydroxyl groups excluding tert-OH is 1. The third-order valence-corrected chi connectivity index (χ3v) is 2.76. The van der Waals surface area contributed by atoms with Gasteiger partial charge in [0, 0.05) is 5.56 Å². The Hall–Kier alpha value is -1.26. The van der Waals surface area contributed by atoms with E-state index in [1.165, 1.54) is 0 Å². The summed E-state index contributed by atoms with van der Waals surface area (Å²) in [5.74, 6) is 1.57. The molecule has 0 saturated heterocycles. The van der Waals surface area contributed by atoms with E-state index in [9.17, 15) is 5.11 Å². The maximum absolute atomic E-state index is 9.40. The summed E-state index contributed by atoms with van der Waals surface area (Å²) in [5, 5.41) is 12.6. The molecule has 1 rings (SSSR count). The van der Waals surface area contributed by atoms with E-state index in [1.54, 1.807) is 14.2 Å². The molecule has 96 valence electrons. The second kappa shape index (κ2) is 6.47. The number of hydrogen-bond donors (Lipinski definition) is 2. The highest BCUT2D eigenvalue weighted by Crippen LogP contribution is 2.32. The molecule has 2 N–H and O–H groups in total. The van der Waals surface area contributed by atoms with Crippen LogP contribution in [0.1, 0.15) is 24.1 Å². The largest absolute Gasteiger partial charge is 0.496 e. The number of methoxy groups -OCH3 is 2. The lowest BCUT2D eigenvalue weighted by Crippen LogP contribution is -2.24. The molecule has 0 radical (unpaired) electrons. The Morgan fingerprint density at radius 1 is 1.24 bits per heavy atom. The summed E-state index contributed by atoms with van der Waals surface area (Å²) in [5.41, 5.74) is 1.93. The van der Waals surface area contributed by atoms with Crippen molar-refractivity contribution in [3.8, 4) is 11.5 Å². The average molecular weight is 239 g/mol. The molecule has 1 aromatic carbocycles. The van der Waals surface area contributed by atoms with E-state index in [0.29, 0.717) is 0 Å². The van der Waals surface area contributed by atoms with Gasteiger partial charge < -0.3 is 19.9 Å². The molecule has 0 bridgehead atoms. The van der Waals surface area contributed by atoms with Crippen molar-refractivity contribution in [2.75, 3.05) is 27.4 Å². The summed E-state index contributed by atoms with van der Waals surface area (Å²) in [7, 11) is 3.27. The lowest BCUT2D eigenvalue weighted by Gasteiger charge is -2.20. The third-order valence-electron chi connectivity index (χ3n) is 2.76. The van der Waals surface area contributed by atoms with Crippen molar-refractivity contribution in [1.82, 2.24) is 5.32 Å². The second-order valence-corrected chi connectivity index (χ2v) is 3.86. The second-order valence-electron chi connectivity index (χ2n) is 3.86. The van der Waals surface area contributed by atoms with E-state index in [-0.39, 0.29) is 12.6 Å². The molecule has 1 aromatic rings. The van der Waals surface area contributed by atoms with Crippen LogP contribution in [0.4, 0.5) is 0 Å². The molecule has 0 heterocycles. The number of likely N-dealkylation sites (N-methyl/N-ethyl adjacent to an activating group) is 1. The number of nitrogens with one attached hydrogen (secondary N) is 1. The van der Waals surface area contributed by atoms with Crippen LogP contribution < -0.4 is 14.8 Å². The minimum atomic E-state index is -0.135. The first kappa shape index (κ1) is 13.8. The molecule has 1 unspecified atom stereocenters. The highest BCUT2D eigenvalue weighted by molar-refractivity contribution is 5.47. The summed E-state index contributed by atoms with van der Waals surface area (Å²) < 4.78 is 10.6. The van der Waals surface area contributed by atoms with Gasteiger partial charge in [-0.25, -0.2) is 0 Å². The van der Waals surface area contributed by atoms with Crippen molar-refractivity contribution in [3.63, 3.8) is 0 Å². The Labute approximate surface area is 103 Å². The molecule has 0 saturated carbocycles. The van der Waals surface area contributed by atoms with Gasteiger partial charge in [-0.3, -0.25) is 0 Å². The molecule has 4 heteroatoms. The fourth-order valence-electron chi connectivity index (χ4n) is 1.87. The summed E-state index contributed by atoms with van der Waals surface area (Å²) in [6.07, 6.45) is 0. The van der Waals surface area contributed by atoms with Crippen LogP contribution in [0, 0.1) is 6.92 Å². The van der Waals surface area contributed by atoms with E-state index in [2.05, 4.69) is 5.32 Å². The first-order valence-corrected chi connectivity index (χ1v) is 5.74. The smallest absolute Gasteiger partial charge is 0.124 e. The quantitative estimate of drug-likeness (QED) is 0.792. The van der Waals surface area contributed by atoms with E-state index >= 15 is 0 Å². The van der Waals surface area contributed by atoms with Gasteiger partial charge in [-0.05, 0) is 31.2 Å². The van der Waals surface area contributed by atoms with Gasteiger partial charge in [-0.15, -0.1) is 0 Å². The Kier molecular flexibility index (Phi) is 5.25. The van der Waals surface area contributed by atoms with Crippen LogP contribution in [0.15, 0.2) is 12.1 Å². The number of aryl methyl sites for hydroxylation is 1. The molecule has 17 heavy (non-hydrogen) atoms. The molecule has 0 aliphatic carbocycles. The lowest BCUT2D eigenvalue weighted by atomic mass is 10.0. The van der Waals surface area contributed by atoms with E-state index in [0.717, 1.165) is 29.2 Å². The maximum atomic E-state index is 9.40. The van der Waals surface area contributed by atoms with E-state index in [1.807, 2.05) is 26.0 Å². The van der Waals surface area contributed by atoms with Gasteiger partial charge in [-0.1, -0.05) is 6.92 Å². The fourth-order valence-corrected chi connectivity index (χ4v) is 1.87. The van der Waals surface area contributed by atoms with Gasteiger partial charge in [0.2, 0.25) is 0 Å². The molecular weight excluding hydrogens is 218 g/mol. The number of rotatable bonds is 6. The first-order chi connectivity index (χ1) is 8.17. The Bertz CT molecular complexity index is 366. The first-order valence-electron chi connectivity index (χ1n) is 5.74. The van der Waals surface area contributed by atoms with Crippen LogP contribution in [-0.4, -0.2) is 32.5 Å². The van der Waals surface area contributed by atoms with Crippen molar-refractivity contribution in [2.24, 2.45) is 0 Å². The molecule has 0 amide bonds. The van der Waals surface area contributed by atoms with Crippen molar-refractivity contribution in [3.05, 3.63) is 23.3 Å². The van der Waals surface area contributed by atoms with Crippen LogP contribution in [0.5, 0.6) is 11.5 Å². The number of hydrogen-bond acceptors (Lipinski definition) is 4. The standard InChI is InChI=1S/C13H21NO3/c1-5-14-11(8-15)10-7-12(16-3)9(2)6-13(10)17-4/h6-7,11,14-15H,5,8H2,1-4H3. The van der Waals surface area contributed by atoms with E-state index in [4.69, 9.17) is 9.47 Å². The summed E-state index contributed by atoms with van der Waals surface area (Å²) >= 11 is 0. The van der Waals surface area contributed by atoms with Crippen LogP contribution in [-0.2, 0) is 0 Å². The van der Waals surface area contributed by atoms with Crippen molar-refractivity contribution in [2.45, 2.75) is 19.9 Å². The highest BCUT2D eigenvalue weighted by atomic mass is 16.5. The minimum Gasteiger partial charge on any atom is -0.496 e. The van der Waals surface area contributed by atoms with Gasteiger partial charge in [0.15, 0.2) is 0 Å².